The summed E-state index contributed by atoms with van der Waals surface area (Å²) in [5.74, 6) is -0.200. The normalized spacial score (nSPS) is 32.4. The number of esters is 1. The lowest BCUT2D eigenvalue weighted by atomic mass is 9.93. The summed E-state index contributed by atoms with van der Waals surface area (Å²) < 4.78 is 5.11. The van der Waals surface area contributed by atoms with Crippen molar-refractivity contribution in [2.24, 2.45) is 0 Å². The molecule has 0 unspecified atom stereocenters. The number of thioether (sulfide) groups is 1. The number of hydrogen-bond donors (Lipinski definition) is 0. The number of rotatable bonds is 3. The van der Waals surface area contributed by atoms with E-state index in [-0.39, 0.29) is 26.5 Å². The number of benzene rings is 1. The molecule has 3 rings (SSSR count). The molecule has 2 aliphatic heterocycles. The van der Waals surface area contributed by atoms with Gasteiger partial charge in [-0.1, -0.05) is 58.5 Å². The molecule has 6 heteroatoms. The van der Waals surface area contributed by atoms with Gasteiger partial charge in [-0.15, -0.1) is 11.8 Å². The van der Waals surface area contributed by atoms with E-state index in [1.807, 2.05) is 35.2 Å². The molecular weight excluding hydrogens is 382 g/mol. The van der Waals surface area contributed by atoms with Crippen LogP contribution >= 0.6 is 39.9 Å². The van der Waals surface area contributed by atoms with Crippen molar-refractivity contribution in [1.82, 2.24) is 4.90 Å². The van der Waals surface area contributed by atoms with Gasteiger partial charge in [0.25, 0.3) is 0 Å². The van der Waals surface area contributed by atoms with Gasteiger partial charge in [0.2, 0.25) is 0 Å². The molecule has 118 valence electrons. The van der Waals surface area contributed by atoms with Crippen LogP contribution in [0.4, 0.5) is 0 Å². The Balaban J connectivity index is 1.73. The summed E-state index contributed by atoms with van der Waals surface area (Å²) >= 11 is 11.0. The number of nitrogens with zero attached hydrogens (tertiary/aromatic N) is 1. The van der Waals surface area contributed by atoms with E-state index in [2.05, 4.69) is 36.7 Å². The van der Waals surface area contributed by atoms with Crippen molar-refractivity contribution in [1.29, 1.82) is 0 Å². The summed E-state index contributed by atoms with van der Waals surface area (Å²) in [7, 11) is 0. The van der Waals surface area contributed by atoms with Gasteiger partial charge >= 0.3 is 5.97 Å². The van der Waals surface area contributed by atoms with E-state index in [4.69, 9.17) is 17.0 Å². The van der Waals surface area contributed by atoms with Crippen molar-refractivity contribution in [3.8, 4) is 0 Å². The minimum Gasteiger partial charge on any atom is -0.459 e. The van der Waals surface area contributed by atoms with E-state index in [0.29, 0.717) is 6.61 Å². The number of carbonyl (C=O) groups excluding carboxylic acids is 1. The first kappa shape index (κ1) is 16.3. The van der Waals surface area contributed by atoms with Crippen LogP contribution in [0.15, 0.2) is 30.3 Å². The van der Waals surface area contributed by atoms with Crippen molar-refractivity contribution < 1.29 is 9.53 Å². The van der Waals surface area contributed by atoms with Gasteiger partial charge in [0.15, 0.2) is 0 Å². The summed E-state index contributed by atoms with van der Waals surface area (Å²) in [6.07, 6.45) is 0. The number of halogens is 1. The predicted octanol–water partition coefficient (Wildman–Crippen LogP) is 3.75. The smallest absolute Gasteiger partial charge is 0.330 e. The first-order valence-corrected chi connectivity index (χ1v) is 9.23. The van der Waals surface area contributed by atoms with E-state index in [1.165, 1.54) is 0 Å². The lowest BCUT2D eigenvalue weighted by Gasteiger charge is -2.51. The van der Waals surface area contributed by atoms with Crippen molar-refractivity contribution >= 4 is 50.9 Å². The molecule has 1 aromatic carbocycles. The topological polar surface area (TPSA) is 29.5 Å². The molecule has 3 atom stereocenters. The predicted molar refractivity (Wildman–Crippen MR) is 97.3 cm³/mol. The Bertz CT molecular complexity index is 618. The van der Waals surface area contributed by atoms with Gasteiger partial charge < -0.3 is 9.64 Å². The highest BCUT2D eigenvalue weighted by Gasteiger charge is 2.66. The van der Waals surface area contributed by atoms with E-state index >= 15 is 0 Å². The molecule has 1 aromatic rings. The van der Waals surface area contributed by atoms with Crippen LogP contribution in [0.1, 0.15) is 26.3 Å². The maximum absolute atomic E-state index is 12.6. The maximum atomic E-state index is 12.6. The van der Waals surface area contributed by atoms with Gasteiger partial charge in [0.05, 0.1) is 10.4 Å². The van der Waals surface area contributed by atoms with Gasteiger partial charge in [0, 0.05) is 4.75 Å². The van der Waals surface area contributed by atoms with E-state index in [9.17, 15) is 4.79 Å². The zero-order valence-corrected chi connectivity index (χ0v) is 15.9. The summed E-state index contributed by atoms with van der Waals surface area (Å²) in [5.41, 5.74) is 0.993. The standard InChI is InChI=1S/C16H18BrNO2S2/c1-15(2)11(18-13(21)16(3,17)14(18)22-15)12(19)20-9-10-7-5-4-6-8-10/h4-8,11,14H,9H2,1-3H3/t11-,14+,16-/m0/s1. The fourth-order valence-electron chi connectivity index (χ4n) is 2.97. The molecule has 0 saturated carbocycles. The Hall–Kier alpha value is -0.590. The van der Waals surface area contributed by atoms with Gasteiger partial charge in [-0.05, 0) is 26.3 Å². The third-order valence-corrected chi connectivity index (χ3v) is 7.93. The molecule has 2 saturated heterocycles. The van der Waals surface area contributed by atoms with Gasteiger partial charge in [-0.25, -0.2) is 4.79 Å². The molecule has 0 bridgehead atoms. The van der Waals surface area contributed by atoms with Crippen molar-refractivity contribution in [2.45, 2.75) is 47.9 Å². The number of ether oxygens (including phenoxy) is 1. The number of fused-ring (bicyclic) bond motifs is 1. The molecule has 0 aromatic heterocycles. The molecule has 0 amide bonds. The van der Waals surface area contributed by atoms with Crippen LogP contribution in [0.25, 0.3) is 0 Å². The summed E-state index contributed by atoms with van der Waals surface area (Å²) in [4.78, 5) is 15.4. The Morgan fingerprint density at radius 2 is 2.00 bits per heavy atom. The Labute approximate surface area is 148 Å². The van der Waals surface area contributed by atoms with Crippen LogP contribution in [-0.2, 0) is 16.1 Å². The van der Waals surface area contributed by atoms with E-state index < -0.39 is 0 Å². The molecule has 2 heterocycles. The Morgan fingerprint density at radius 3 is 2.64 bits per heavy atom. The molecule has 0 spiro atoms. The molecule has 0 radical (unpaired) electrons. The Morgan fingerprint density at radius 1 is 1.36 bits per heavy atom. The average Bonchev–Trinajstić information content (AvgIpc) is 2.76. The second-order valence-electron chi connectivity index (χ2n) is 6.36. The first-order valence-electron chi connectivity index (χ1n) is 7.15. The van der Waals surface area contributed by atoms with Gasteiger partial charge in [0.1, 0.15) is 17.0 Å². The summed E-state index contributed by atoms with van der Waals surface area (Å²) in [5, 5.41) is 0.185. The first-order chi connectivity index (χ1) is 10.2. The highest BCUT2D eigenvalue weighted by molar-refractivity contribution is 9.10. The van der Waals surface area contributed by atoms with Gasteiger partial charge in [-0.2, -0.15) is 0 Å². The molecule has 22 heavy (non-hydrogen) atoms. The fourth-order valence-corrected chi connectivity index (χ4v) is 5.73. The molecule has 2 fully saturated rings. The lowest BCUT2D eigenvalue weighted by Crippen LogP contribution is -2.68. The second kappa shape index (κ2) is 5.49. The third kappa shape index (κ3) is 2.49. The Kier molecular flexibility index (Phi) is 4.06. The van der Waals surface area contributed by atoms with Gasteiger partial charge in [-0.3, -0.25) is 0 Å². The monoisotopic (exact) mass is 399 g/mol. The molecule has 0 N–H and O–H groups in total. The van der Waals surface area contributed by atoms with Crippen molar-refractivity contribution in [2.75, 3.05) is 0 Å². The second-order valence-corrected chi connectivity index (χ2v) is 10.1. The number of carbonyl (C=O) groups is 1. The third-order valence-electron chi connectivity index (χ3n) is 4.17. The van der Waals surface area contributed by atoms with Crippen LogP contribution in [0, 0.1) is 0 Å². The quantitative estimate of drug-likeness (QED) is 0.438. The summed E-state index contributed by atoms with van der Waals surface area (Å²) in [6, 6.07) is 9.40. The summed E-state index contributed by atoms with van der Waals surface area (Å²) in [6.45, 7) is 6.53. The SMILES string of the molecule is CC1(C)S[C@H]2N(C(=S)[C@]2(C)Br)[C@H]1C(=O)OCc1ccccc1. The van der Waals surface area contributed by atoms with Crippen LogP contribution in [-0.4, -0.2) is 36.3 Å². The lowest BCUT2D eigenvalue weighted by molar-refractivity contribution is -0.151. The highest BCUT2D eigenvalue weighted by Crippen LogP contribution is 2.58. The molecule has 3 nitrogen and oxygen atoms in total. The highest BCUT2D eigenvalue weighted by atomic mass is 79.9. The maximum Gasteiger partial charge on any atom is 0.330 e. The van der Waals surface area contributed by atoms with Crippen molar-refractivity contribution in [3.05, 3.63) is 35.9 Å². The average molecular weight is 400 g/mol. The van der Waals surface area contributed by atoms with E-state index in [0.717, 1.165) is 10.6 Å². The number of alkyl halides is 1. The minimum atomic E-state index is -0.329. The van der Waals surface area contributed by atoms with Crippen LogP contribution in [0.5, 0.6) is 0 Å². The fraction of sp³-hybridized carbons (Fsp3) is 0.500. The minimum absolute atomic E-state index is 0.185. The molecule has 0 aliphatic carbocycles. The molecular formula is C16H18BrNO2S2. The number of thiocarbonyl (C=S) groups is 1. The van der Waals surface area contributed by atoms with E-state index in [1.54, 1.807) is 11.8 Å². The van der Waals surface area contributed by atoms with Crippen LogP contribution in [0.2, 0.25) is 0 Å². The zero-order chi connectivity index (χ0) is 16.1. The van der Waals surface area contributed by atoms with Crippen LogP contribution in [0.3, 0.4) is 0 Å². The van der Waals surface area contributed by atoms with Crippen molar-refractivity contribution in [3.63, 3.8) is 0 Å². The molecule has 2 aliphatic rings. The number of hydrogen-bond acceptors (Lipinski definition) is 4. The van der Waals surface area contributed by atoms with Crippen LogP contribution < -0.4 is 0 Å². The zero-order valence-electron chi connectivity index (χ0n) is 12.7. The largest absolute Gasteiger partial charge is 0.459 e.